The Hall–Kier alpha value is -1.40. The first kappa shape index (κ1) is 15.1. The van der Waals surface area contributed by atoms with Crippen LogP contribution in [0.1, 0.15) is 16.5 Å². The molecule has 0 radical (unpaired) electrons. The van der Waals surface area contributed by atoms with Crippen molar-refractivity contribution >= 4 is 11.3 Å². The largest absolute Gasteiger partial charge is 0.493 e. The molecule has 0 saturated carbocycles. The van der Waals surface area contributed by atoms with Crippen LogP contribution in [0.4, 0.5) is 0 Å². The van der Waals surface area contributed by atoms with E-state index in [2.05, 4.69) is 51.9 Å². The zero-order valence-electron chi connectivity index (χ0n) is 13.1. The lowest BCUT2D eigenvalue weighted by molar-refractivity contribution is 0.216. The summed E-state index contributed by atoms with van der Waals surface area (Å²) in [6, 6.07) is 13.2. The van der Waals surface area contributed by atoms with Crippen LogP contribution in [0.2, 0.25) is 0 Å². The molecule has 1 fully saturated rings. The van der Waals surface area contributed by atoms with Crippen molar-refractivity contribution in [3.05, 3.63) is 52.2 Å². The number of hydrogen-bond donors (Lipinski definition) is 3. The Labute approximate surface area is 141 Å². The molecule has 4 rings (SSSR count). The van der Waals surface area contributed by atoms with E-state index in [9.17, 15) is 0 Å². The van der Waals surface area contributed by atoms with Crippen LogP contribution in [0.3, 0.4) is 0 Å². The number of fused-ring (bicyclic) bond motifs is 1. The molecule has 4 nitrogen and oxygen atoms in total. The molecule has 5 heteroatoms. The van der Waals surface area contributed by atoms with Gasteiger partial charge in [0.15, 0.2) is 0 Å². The third-order valence-corrected chi connectivity index (χ3v) is 5.69. The summed E-state index contributed by atoms with van der Waals surface area (Å²) >= 11 is 1.83. The van der Waals surface area contributed by atoms with Crippen molar-refractivity contribution in [3.63, 3.8) is 0 Å². The van der Waals surface area contributed by atoms with Gasteiger partial charge in [-0.25, -0.2) is 5.43 Å². The molecule has 1 aromatic carbocycles. The van der Waals surface area contributed by atoms with E-state index in [0.29, 0.717) is 17.9 Å². The van der Waals surface area contributed by atoms with E-state index in [1.165, 1.54) is 10.4 Å². The van der Waals surface area contributed by atoms with Gasteiger partial charge in [-0.05, 0) is 29.5 Å². The Morgan fingerprint density at radius 1 is 1.17 bits per heavy atom. The molecule has 122 valence electrons. The Kier molecular flexibility index (Phi) is 4.62. The number of ether oxygens (including phenoxy) is 1. The van der Waals surface area contributed by atoms with Crippen molar-refractivity contribution in [1.82, 2.24) is 16.2 Å². The molecule has 2 aliphatic heterocycles. The van der Waals surface area contributed by atoms with Crippen LogP contribution < -0.4 is 20.9 Å². The van der Waals surface area contributed by atoms with E-state index in [0.717, 1.165) is 38.4 Å². The molecule has 0 amide bonds. The highest BCUT2D eigenvalue weighted by molar-refractivity contribution is 7.10. The summed E-state index contributed by atoms with van der Waals surface area (Å²) in [5, 5.41) is 5.81. The van der Waals surface area contributed by atoms with Crippen LogP contribution in [-0.4, -0.2) is 26.2 Å². The molecular weight excluding hydrogens is 306 g/mol. The number of hydrogen-bond acceptors (Lipinski definition) is 5. The van der Waals surface area contributed by atoms with E-state index >= 15 is 0 Å². The molecule has 2 aromatic rings. The average molecular weight is 329 g/mol. The summed E-state index contributed by atoms with van der Waals surface area (Å²) in [5.74, 6) is 2.21. The highest BCUT2D eigenvalue weighted by Gasteiger charge is 2.29. The predicted octanol–water partition coefficient (Wildman–Crippen LogP) is 2.35. The first-order valence-electron chi connectivity index (χ1n) is 8.33. The Morgan fingerprint density at radius 2 is 2.13 bits per heavy atom. The average Bonchev–Trinajstić information content (AvgIpc) is 3.26. The van der Waals surface area contributed by atoms with Crippen LogP contribution >= 0.6 is 11.3 Å². The van der Waals surface area contributed by atoms with Gasteiger partial charge in [0.05, 0.1) is 12.6 Å². The fourth-order valence-electron chi connectivity index (χ4n) is 3.49. The molecule has 0 bridgehead atoms. The fourth-order valence-corrected chi connectivity index (χ4v) is 4.36. The van der Waals surface area contributed by atoms with Gasteiger partial charge in [0.25, 0.3) is 0 Å². The second kappa shape index (κ2) is 7.01. The fraction of sp³-hybridized carbons (Fsp3) is 0.444. The van der Waals surface area contributed by atoms with Gasteiger partial charge in [-0.3, -0.25) is 5.43 Å². The zero-order chi connectivity index (χ0) is 15.5. The van der Waals surface area contributed by atoms with E-state index in [-0.39, 0.29) is 0 Å². The summed E-state index contributed by atoms with van der Waals surface area (Å²) in [4.78, 5) is 1.41. The van der Waals surface area contributed by atoms with E-state index < -0.39 is 0 Å². The molecule has 0 aliphatic carbocycles. The van der Waals surface area contributed by atoms with Crippen LogP contribution in [0.15, 0.2) is 41.8 Å². The van der Waals surface area contributed by atoms with Crippen LogP contribution in [0.5, 0.6) is 5.75 Å². The maximum atomic E-state index is 5.88. The number of hydrazine groups is 1. The van der Waals surface area contributed by atoms with Gasteiger partial charge in [0.1, 0.15) is 5.75 Å². The second-order valence-corrected chi connectivity index (χ2v) is 7.40. The Morgan fingerprint density at radius 3 is 3.04 bits per heavy atom. The van der Waals surface area contributed by atoms with Crippen LogP contribution in [-0.2, 0) is 6.42 Å². The van der Waals surface area contributed by atoms with E-state index in [4.69, 9.17) is 4.74 Å². The zero-order valence-corrected chi connectivity index (χ0v) is 13.9. The highest BCUT2D eigenvalue weighted by Crippen LogP contribution is 2.28. The smallest absolute Gasteiger partial charge is 0.122 e. The van der Waals surface area contributed by atoms with Gasteiger partial charge in [-0.2, -0.15) is 0 Å². The lowest BCUT2D eigenvalue weighted by Crippen LogP contribution is -2.35. The van der Waals surface area contributed by atoms with Gasteiger partial charge in [0, 0.05) is 36.3 Å². The van der Waals surface area contributed by atoms with Crippen molar-refractivity contribution in [3.8, 4) is 5.75 Å². The van der Waals surface area contributed by atoms with Crippen molar-refractivity contribution in [2.24, 2.45) is 11.8 Å². The van der Waals surface area contributed by atoms with Crippen molar-refractivity contribution in [2.45, 2.75) is 12.5 Å². The summed E-state index contributed by atoms with van der Waals surface area (Å²) < 4.78 is 5.88. The maximum absolute atomic E-state index is 5.88. The third-order valence-electron chi connectivity index (χ3n) is 4.74. The predicted molar refractivity (Wildman–Crippen MR) is 93.7 cm³/mol. The second-order valence-electron chi connectivity index (χ2n) is 6.43. The van der Waals surface area contributed by atoms with E-state index in [1.54, 1.807) is 0 Å². The first-order chi connectivity index (χ1) is 11.4. The third kappa shape index (κ3) is 3.43. The SMILES string of the molecule is c1csc(C2NNCC2CNCC2COc3ccccc3C2)c1. The lowest BCUT2D eigenvalue weighted by Gasteiger charge is -2.26. The molecule has 3 N–H and O–H groups in total. The van der Waals surface area contributed by atoms with Gasteiger partial charge in [0.2, 0.25) is 0 Å². The standard InChI is InChI=1S/C18H23N3OS/c1-2-5-16-14(4-1)8-13(12-22-16)9-19-10-15-11-20-21-18(15)17-6-3-7-23-17/h1-7,13,15,18-21H,8-12H2. The van der Waals surface area contributed by atoms with Crippen molar-refractivity contribution < 1.29 is 4.74 Å². The number of benzene rings is 1. The maximum Gasteiger partial charge on any atom is 0.122 e. The van der Waals surface area contributed by atoms with Crippen LogP contribution in [0, 0.1) is 11.8 Å². The van der Waals surface area contributed by atoms with Gasteiger partial charge in [-0.15, -0.1) is 11.3 Å². The highest BCUT2D eigenvalue weighted by atomic mass is 32.1. The molecular formula is C18H23N3OS. The summed E-state index contributed by atoms with van der Waals surface area (Å²) in [6.07, 6.45) is 1.11. The molecule has 3 heterocycles. The molecule has 3 unspecified atom stereocenters. The normalized spacial score (nSPS) is 26.7. The van der Waals surface area contributed by atoms with Gasteiger partial charge < -0.3 is 10.1 Å². The van der Waals surface area contributed by atoms with Gasteiger partial charge >= 0.3 is 0 Å². The minimum atomic E-state index is 0.422. The molecule has 23 heavy (non-hydrogen) atoms. The van der Waals surface area contributed by atoms with Crippen molar-refractivity contribution in [2.75, 3.05) is 26.2 Å². The number of thiophene rings is 1. The lowest BCUT2D eigenvalue weighted by atomic mass is 9.96. The van der Waals surface area contributed by atoms with Gasteiger partial charge in [-0.1, -0.05) is 24.3 Å². The number of nitrogens with one attached hydrogen (secondary N) is 3. The quantitative estimate of drug-likeness (QED) is 0.788. The summed E-state index contributed by atoms with van der Waals surface area (Å²) in [7, 11) is 0. The molecule has 1 aromatic heterocycles. The summed E-state index contributed by atoms with van der Waals surface area (Å²) in [6.45, 7) is 3.88. The Bertz CT molecular complexity index is 631. The van der Waals surface area contributed by atoms with Crippen LogP contribution in [0.25, 0.3) is 0 Å². The molecule has 3 atom stereocenters. The number of para-hydroxylation sites is 1. The minimum Gasteiger partial charge on any atom is -0.493 e. The Balaban J connectivity index is 1.28. The topological polar surface area (TPSA) is 45.3 Å². The minimum absolute atomic E-state index is 0.422. The molecule has 2 aliphatic rings. The molecule has 1 saturated heterocycles. The van der Waals surface area contributed by atoms with Crippen molar-refractivity contribution in [1.29, 1.82) is 0 Å². The first-order valence-corrected chi connectivity index (χ1v) is 9.21. The number of rotatable bonds is 5. The monoisotopic (exact) mass is 329 g/mol. The molecule has 0 spiro atoms. The summed E-state index contributed by atoms with van der Waals surface area (Å²) in [5.41, 5.74) is 8.05. The van der Waals surface area contributed by atoms with E-state index in [1.807, 2.05) is 17.4 Å².